The highest BCUT2D eigenvalue weighted by Crippen LogP contribution is 2.44. The summed E-state index contributed by atoms with van der Waals surface area (Å²) in [5.41, 5.74) is 7.39. The van der Waals surface area contributed by atoms with Crippen LogP contribution in [0.5, 0.6) is 5.75 Å². The average molecular weight is 437 g/mol. The molecular weight excluding hydrogens is 408 g/mol. The maximum Gasteiger partial charge on any atom is 0.149 e. The molecule has 5 heteroatoms. The number of hydrogen-bond donors (Lipinski definition) is 2. The van der Waals surface area contributed by atoms with E-state index in [0.717, 1.165) is 40.9 Å². The van der Waals surface area contributed by atoms with E-state index in [1.54, 1.807) is 6.07 Å². The molecule has 2 N–H and O–H groups in total. The highest BCUT2D eigenvalue weighted by Gasteiger charge is 2.34. The Morgan fingerprint density at radius 3 is 2.61 bits per heavy atom. The number of allylic oxidation sites excluding steroid dienone is 5. The fraction of sp³-hybridized carbons (Fsp3) is 0.308. The fourth-order valence-electron chi connectivity index (χ4n) is 3.91. The Labute approximate surface area is 189 Å². The van der Waals surface area contributed by atoms with Crippen LogP contribution >= 0.6 is 11.6 Å². The number of nitroso groups, excluding NO2 is 1. The van der Waals surface area contributed by atoms with Crippen LogP contribution in [0.3, 0.4) is 0 Å². The zero-order chi connectivity index (χ0) is 22.8. The minimum atomic E-state index is -0.141. The Balaban J connectivity index is 2.00. The predicted molar refractivity (Wildman–Crippen MR) is 131 cm³/mol. The molecule has 1 aliphatic heterocycles. The van der Waals surface area contributed by atoms with E-state index in [1.165, 1.54) is 23.3 Å². The molecule has 0 saturated heterocycles. The Morgan fingerprint density at radius 2 is 1.97 bits per heavy atom. The van der Waals surface area contributed by atoms with Gasteiger partial charge in [0.25, 0.3) is 0 Å². The summed E-state index contributed by atoms with van der Waals surface area (Å²) in [6, 6.07) is 11.2. The molecule has 0 saturated carbocycles. The summed E-state index contributed by atoms with van der Waals surface area (Å²) in [5, 5.41) is 17.0. The topological polar surface area (TPSA) is 61.7 Å². The van der Waals surface area contributed by atoms with Crippen LogP contribution in [-0.2, 0) is 5.41 Å². The van der Waals surface area contributed by atoms with Crippen molar-refractivity contribution >= 4 is 29.1 Å². The number of hydrogen-bond acceptors (Lipinski definition) is 4. The van der Waals surface area contributed by atoms with Crippen LogP contribution in [0.4, 0.5) is 11.4 Å². The van der Waals surface area contributed by atoms with Gasteiger partial charge in [0.15, 0.2) is 0 Å². The molecular formula is C26H29ClN2O2. The predicted octanol–water partition coefficient (Wildman–Crippen LogP) is 8.08. The van der Waals surface area contributed by atoms with Gasteiger partial charge in [0.05, 0.1) is 0 Å². The van der Waals surface area contributed by atoms with Gasteiger partial charge in [-0.05, 0) is 72.0 Å². The smallest absolute Gasteiger partial charge is 0.149 e. The van der Waals surface area contributed by atoms with E-state index in [1.807, 2.05) is 13.0 Å². The largest absolute Gasteiger partial charge is 0.506 e. The number of benzene rings is 2. The van der Waals surface area contributed by atoms with Crippen molar-refractivity contribution in [2.24, 2.45) is 5.18 Å². The highest BCUT2D eigenvalue weighted by molar-refractivity contribution is 6.32. The molecule has 4 nitrogen and oxygen atoms in total. The summed E-state index contributed by atoms with van der Waals surface area (Å²) in [5.74, 6) is -0.141. The lowest BCUT2D eigenvalue weighted by atomic mass is 9.82. The quantitative estimate of drug-likeness (QED) is 0.355. The molecule has 0 amide bonds. The number of aryl methyl sites for hydroxylation is 1. The molecule has 0 unspecified atom stereocenters. The Kier molecular flexibility index (Phi) is 6.71. The minimum absolute atomic E-state index is 0.0252. The summed E-state index contributed by atoms with van der Waals surface area (Å²) < 4.78 is 0. The third-order valence-electron chi connectivity index (χ3n) is 5.74. The second-order valence-electron chi connectivity index (χ2n) is 8.61. The Morgan fingerprint density at radius 1 is 1.23 bits per heavy atom. The van der Waals surface area contributed by atoms with Crippen molar-refractivity contribution in [3.05, 3.63) is 85.9 Å². The van der Waals surface area contributed by atoms with Gasteiger partial charge in [0, 0.05) is 21.8 Å². The molecule has 1 aliphatic rings. The van der Waals surface area contributed by atoms with Crippen LogP contribution < -0.4 is 5.32 Å². The van der Waals surface area contributed by atoms with Crippen LogP contribution in [0, 0.1) is 11.8 Å². The summed E-state index contributed by atoms with van der Waals surface area (Å²) in [6.45, 7) is 10.6. The second-order valence-corrected chi connectivity index (χ2v) is 8.99. The van der Waals surface area contributed by atoms with Gasteiger partial charge >= 0.3 is 0 Å². The lowest BCUT2D eigenvalue weighted by Gasteiger charge is -2.21. The van der Waals surface area contributed by atoms with E-state index in [2.05, 4.69) is 62.5 Å². The summed E-state index contributed by atoms with van der Waals surface area (Å²) in [6.07, 6.45) is 5.89. The number of anilines is 1. The normalized spacial score (nSPS) is 17.2. The molecule has 0 radical (unpaired) electrons. The molecule has 0 fully saturated rings. The molecule has 1 heterocycles. The number of nitrogens with zero attached hydrogens (tertiary/aromatic N) is 1. The first kappa shape index (κ1) is 22.8. The van der Waals surface area contributed by atoms with E-state index < -0.39 is 0 Å². The Bertz CT molecular complexity index is 1110. The first-order valence-electron chi connectivity index (χ1n) is 10.5. The highest BCUT2D eigenvalue weighted by atomic mass is 35.5. The van der Waals surface area contributed by atoms with Crippen LogP contribution in [0.25, 0.3) is 6.08 Å². The van der Waals surface area contributed by atoms with Gasteiger partial charge in [-0.3, -0.25) is 0 Å². The van der Waals surface area contributed by atoms with Crippen molar-refractivity contribution < 1.29 is 5.11 Å². The van der Waals surface area contributed by atoms with E-state index in [-0.39, 0.29) is 16.9 Å². The zero-order valence-electron chi connectivity index (χ0n) is 18.7. The van der Waals surface area contributed by atoms with Crippen molar-refractivity contribution in [3.63, 3.8) is 0 Å². The fourth-order valence-corrected chi connectivity index (χ4v) is 4.11. The number of fused-ring (bicyclic) bond motifs is 1. The molecule has 31 heavy (non-hydrogen) atoms. The lowest BCUT2D eigenvalue weighted by molar-refractivity contribution is 0.476. The number of nitrogens with one attached hydrogen (secondary N) is 1. The van der Waals surface area contributed by atoms with Crippen molar-refractivity contribution in [2.75, 3.05) is 5.32 Å². The zero-order valence-corrected chi connectivity index (χ0v) is 19.5. The van der Waals surface area contributed by atoms with Gasteiger partial charge in [-0.15, -0.1) is 4.91 Å². The van der Waals surface area contributed by atoms with E-state index in [4.69, 9.17) is 11.6 Å². The summed E-state index contributed by atoms with van der Waals surface area (Å²) in [7, 11) is 0. The first-order chi connectivity index (χ1) is 14.7. The third-order valence-corrected chi connectivity index (χ3v) is 6.28. The van der Waals surface area contributed by atoms with Gasteiger partial charge in [-0.1, -0.05) is 68.6 Å². The molecule has 0 aromatic heterocycles. The van der Waals surface area contributed by atoms with E-state index in [9.17, 15) is 10.0 Å². The van der Waals surface area contributed by atoms with Crippen LogP contribution in [0.15, 0.2) is 69.5 Å². The molecule has 0 bridgehead atoms. The molecule has 162 valence electrons. The van der Waals surface area contributed by atoms with Crippen LogP contribution in [-0.4, -0.2) is 5.11 Å². The summed E-state index contributed by atoms with van der Waals surface area (Å²) in [4.78, 5) is 10.7. The molecule has 0 aliphatic carbocycles. The maximum atomic E-state index is 10.7. The van der Waals surface area contributed by atoms with Crippen molar-refractivity contribution in [2.45, 2.75) is 52.9 Å². The standard InChI is InChI=1S/C26H29ClN2O2/c1-6-7-19(15-24-26(4,5)20-12-16(2)8-10-21(20)28-24)25(27)17(3)13-18-9-11-22(29-31)23(30)14-18/h8-15,28,30H,6-7H2,1-5H3/b17-13+,24-15+,25-19-. The monoisotopic (exact) mass is 436 g/mol. The molecule has 2 aromatic rings. The summed E-state index contributed by atoms with van der Waals surface area (Å²) >= 11 is 6.84. The number of halogens is 1. The number of rotatable bonds is 6. The van der Waals surface area contributed by atoms with Gasteiger partial charge < -0.3 is 10.4 Å². The van der Waals surface area contributed by atoms with Gasteiger partial charge in [0.2, 0.25) is 0 Å². The van der Waals surface area contributed by atoms with Crippen LogP contribution in [0.2, 0.25) is 0 Å². The van der Waals surface area contributed by atoms with E-state index in [0.29, 0.717) is 5.03 Å². The molecule has 3 rings (SSSR count). The van der Waals surface area contributed by atoms with Crippen LogP contribution in [0.1, 0.15) is 57.2 Å². The maximum absolute atomic E-state index is 10.7. The second kappa shape index (κ2) is 9.11. The number of phenolic OH excluding ortho intramolecular Hbond substituents is 1. The Hall–Kier alpha value is -2.85. The van der Waals surface area contributed by atoms with Gasteiger partial charge in [0.1, 0.15) is 11.4 Å². The number of phenols is 1. The van der Waals surface area contributed by atoms with Gasteiger partial charge in [-0.2, -0.15) is 0 Å². The minimum Gasteiger partial charge on any atom is -0.506 e. The SMILES string of the molecule is CCCC(/C=C1/Nc2ccc(C)cc2C1(C)C)=C(Cl)\C(C)=C\c1ccc(N=O)c(O)c1. The molecule has 0 spiro atoms. The first-order valence-corrected chi connectivity index (χ1v) is 10.9. The number of aromatic hydroxyl groups is 1. The van der Waals surface area contributed by atoms with Crippen molar-refractivity contribution in [1.82, 2.24) is 0 Å². The van der Waals surface area contributed by atoms with E-state index >= 15 is 0 Å². The van der Waals surface area contributed by atoms with Gasteiger partial charge in [-0.25, -0.2) is 0 Å². The lowest BCUT2D eigenvalue weighted by Crippen LogP contribution is -2.17. The van der Waals surface area contributed by atoms with Crippen molar-refractivity contribution in [3.8, 4) is 5.75 Å². The molecule has 0 atom stereocenters. The average Bonchev–Trinajstić information content (AvgIpc) is 2.97. The molecule has 2 aromatic carbocycles. The third kappa shape index (κ3) is 4.75. The van der Waals surface area contributed by atoms with Crippen molar-refractivity contribution in [1.29, 1.82) is 0 Å².